The average molecular weight is 241 g/mol. The van der Waals surface area contributed by atoms with Crippen LogP contribution in [0.15, 0.2) is 0 Å². The monoisotopic (exact) mass is 241 g/mol. The van der Waals surface area contributed by atoms with Crippen molar-refractivity contribution in [2.75, 3.05) is 6.54 Å². The zero-order valence-corrected chi connectivity index (χ0v) is 10.6. The van der Waals surface area contributed by atoms with Gasteiger partial charge in [-0.3, -0.25) is 4.79 Å². The molecule has 0 aromatic carbocycles. The van der Waals surface area contributed by atoms with Crippen LogP contribution < -0.4 is 0 Å². The van der Waals surface area contributed by atoms with Crippen molar-refractivity contribution in [3.05, 3.63) is 0 Å². The smallest absolute Gasteiger partial charge is 0.337 e. The molecule has 0 spiro atoms. The van der Waals surface area contributed by atoms with Gasteiger partial charge in [0.15, 0.2) is 5.41 Å². The largest absolute Gasteiger partial charge is 0.348 e. The van der Waals surface area contributed by atoms with Crippen molar-refractivity contribution in [3.8, 4) is 0 Å². The van der Waals surface area contributed by atoms with E-state index in [-0.39, 0.29) is 11.7 Å². The maximum Gasteiger partial charge on any atom is 0.348 e. The lowest BCUT2D eigenvalue weighted by atomic mass is 9.82. The lowest BCUT2D eigenvalue weighted by molar-refractivity contribution is -0.178. The van der Waals surface area contributed by atoms with E-state index in [1.165, 1.54) is 6.92 Å². The van der Waals surface area contributed by atoms with Gasteiger partial charge in [0.2, 0.25) is 0 Å². The fourth-order valence-corrected chi connectivity index (χ4v) is 2.01. The van der Waals surface area contributed by atoms with Crippen LogP contribution in [0, 0.1) is 5.41 Å². The molecule has 0 aromatic rings. The number of hydrogen-bond acceptors (Lipinski definition) is 4. The standard InChI is InChI=1S/C12H19NO4/c1-4-12(5-2)10(15)13(17-11(12)16)8-6-7-9(3)14/h4-8H2,1-3H3. The van der Waals surface area contributed by atoms with Crippen LogP contribution in [-0.2, 0) is 19.2 Å². The molecule has 0 aromatic heterocycles. The van der Waals surface area contributed by atoms with E-state index in [1.807, 2.05) is 13.8 Å². The number of ketones is 1. The highest BCUT2D eigenvalue weighted by Crippen LogP contribution is 2.36. The van der Waals surface area contributed by atoms with Crippen molar-refractivity contribution >= 4 is 17.7 Å². The van der Waals surface area contributed by atoms with E-state index >= 15 is 0 Å². The predicted molar refractivity (Wildman–Crippen MR) is 60.7 cm³/mol. The maximum absolute atomic E-state index is 12.1. The molecule has 0 unspecified atom stereocenters. The minimum atomic E-state index is -1.00. The molecule has 1 heterocycles. The molecule has 1 fully saturated rings. The molecule has 5 nitrogen and oxygen atoms in total. The van der Waals surface area contributed by atoms with Gasteiger partial charge in [-0.2, -0.15) is 5.06 Å². The second-order valence-electron chi connectivity index (χ2n) is 4.38. The lowest BCUT2D eigenvalue weighted by Crippen LogP contribution is -2.36. The van der Waals surface area contributed by atoms with Crippen LogP contribution in [0.25, 0.3) is 0 Å². The first-order chi connectivity index (χ1) is 7.97. The quantitative estimate of drug-likeness (QED) is 0.660. The third-order valence-corrected chi connectivity index (χ3v) is 3.32. The molecule has 5 heteroatoms. The summed E-state index contributed by atoms with van der Waals surface area (Å²) in [4.78, 5) is 39.6. The van der Waals surface area contributed by atoms with Gasteiger partial charge in [-0.05, 0) is 26.2 Å². The van der Waals surface area contributed by atoms with E-state index < -0.39 is 11.4 Å². The van der Waals surface area contributed by atoms with Crippen molar-refractivity contribution in [2.24, 2.45) is 5.41 Å². The van der Waals surface area contributed by atoms with E-state index in [1.54, 1.807) is 0 Å². The zero-order chi connectivity index (χ0) is 13.1. The number of rotatable bonds is 6. The Balaban J connectivity index is 2.64. The number of carbonyl (C=O) groups excluding carboxylic acids is 3. The Hall–Kier alpha value is -1.39. The molecular formula is C12H19NO4. The summed E-state index contributed by atoms with van der Waals surface area (Å²) in [5.41, 5.74) is -1.00. The molecule has 0 radical (unpaired) electrons. The number of Topliss-reactive ketones (excluding diaryl/α,β-unsaturated/α-hetero) is 1. The molecule has 0 atom stereocenters. The Morgan fingerprint density at radius 3 is 2.29 bits per heavy atom. The highest BCUT2D eigenvalue weighted by molar-refractivity contribution is 6.06. The Kier molecular flexibility index (Phi) is 4.26. The summed E-state index contributed by atoms with van der Waals surface area (Å²) in [6, 6.07) is 0. The van der Waals surface area contributed by atoms with E-state index in [2.05, 4.69) is 0 Å². The third-order valence-electron chi connectivity index (χ3n) is 3.32. The summed E-state index contributed by atoms with van der Waals surface area (Å²) in [5.74, 6) is -0.661. The molecule has 17 heavy (non-hydrogen) atoms. The SMILES string of the molecule is CCC1(CC)C(=O)ON(CCCC(C)=O)C1=O. The fourth-order valence-electron chi connectivity index (χ4n) is 2.01. The van der Waals surface area contributed by atoms with Crippen molar-refractivity contribution in [1.82, 2.24) is 5.06 Å². The molecule has 1 aliphatic rings. The first-order valence-electron chi connectivity index (χ1n) is 6.01. The van der Waals surface area contributed by atoms with Gasteiger partial charge in [0.05, 0.1) is 6.54 Å². The molecule has 0 saturated carbocycles. The van der Waals surface area contributed by atoms with E-state index in [4.69, 9.17) is 4.84 Å². The van der Waals surface area contributed by atoms with Crippen molar-refractivity contribution < 1.29 is 19.2 Å². The molecule has 0 aliphatic carbocycles. The number of hydroxylamine groups is 2. The summed E-state index contributed by atoms with van der Waals surface area (Å²) in [5, 5.41) is 1.11. The second-order valence-corrected chi connectivity index (χ2v) is 4.38. The fraction of sp³-hybridized carbons (Fsp3) is 0.750. The predicted octanol–water partition coefficient (Wildman–Crippen LogP) is 1.46. The molecule has 0 bridgehead atoms. The number of carbonyl (C=O) groups is 3. The van der Waals surface area contributed by atoms with Gasteiger partial charge in [0, 0.05) is 6.42 Å². The molecule has 1 saturated heterocycles. The Morgan fingerprint density at radius 1 is 1.29 bits per heavy atom. The van der Waals surface area contributed by atoms with Crippen LogP contribution in [0.1, 0.15) is 46.5 Å². The molecule has 0 N–H and O–H groups in total. The minimum Gasteiger partial charge on any atom is -0.337 e. The summed E-state index contributed by atoms with van der Waals surface area (Å²) < 4.78 is 0. The van der Waals surface area contributed by atoms with Crippen LogP contribution in [0.3, 0.4) is 0 Å². The highest BCUT2D eigenvalue weighted by atomic mass is 16.7. The Bertz CT molecular complexity index is 333. The zero-order valence-electron chi connectivity index (χ0n) is 10.6. The first-order valence-corrected chi connectivity index (χ1v) is 6.01. The topological polar surface area (TPSA) is 63.7 Å². The first kappa shape index (κ1) is 13.7. The van der Waals surface area contributed by atoms with Gasteiger partial charge in [0.1, 0.15) is 5.78 Å². The maximum atomic E-state index is 12.1. The number of nitrogens with zero attached hydrogens (tertiary/aromatic N) is 1. The van der Waals surface area contributed by atoms with Crippen molar-refractivity contribution in [1.29, 1.82) is 0 Å². The highest BCUT2D eigenvalue weighted by Gasteiger charge is 2.54. The van der Waals surface area contributed by atoms with E-state index in [9.17, 15) is 14.4 Å². The van der Waals surface area contributed by atoms with Crippen LogP contribution in [0.2, 0.25) is 0 Å². The van der Waals surface area contributed by atoms with Crippen molar-refractivity contribution in [2.45, 2.75) is 46.5 Å². The summed E-state index contributed by atoms with van der Waals surface area (Å²) in [6.07, 6.45) is 1.82. The van der Waals surface area contributed by atoms with Crippen LogP contribution in [0.5, 0.6) is 0 Å². The molecular weight excluding hydrogens is 222 g/mol. The number of amides is 1. The molecule has 1 amide bonds. The van der Waals surface area contributed by atoms with Gasteiger partial charge >= 0.3 is 5.97 Å². The van der Waals surface area contributed by atoms with E-state index in [0.29, 0.717) is 32.2 Å². The molecule has 1 rings (SSSR count). The van der Waals surface area contributed by atoms with Gasteiger partial charge < -0.3 is 9.63 Å². The summed E-state index contributed by atoms with van der Waals surface area (Å²) in [7, 11) is 0. The summed E-state index contributed by atoms with van der Waals surface area (Å²) >= 11 is 0. The van der Waals surface area contributed by atoms with Crippen LogP contribution >= 0.6 is 0 Å². The van der Waals surface area contributed by atoms with Gasteiger partial charge in [-0.25, -0.2) is 4.79 Å². The Morgan fingerprint density at radius 2 is 1.88 bits per heavy atom. The minimum absolute atomic E-state index is 0.0696. The van der Waals surface area contributed by atoms with Gasteiger partial charge in [-0.1, -0.05) is 13.8 Å². The van der Waals surface area contributed by atoms with Crippen LogP contribution in [0.4, 0.5) is 0 Å². The third kappa shape index (κ3) is 2.48. The van der Waals surface area contributed by atoms with Crippen LogP contribution in [-0.4, -0.2) is 29.3 Å². The van der Waals surface area contributed by atoms with E-state index in [0.717, 1.165) is 5.06 Å². The molecule has 96 valence electrons. The normalized spacial score (nSPS) is 18.4. The number of hydrogen-bond donors (Lipinski definition) is 0. The second kappa shape index (κ2) is 5.29. The molecule has 1 aliphatic heterocycles. The lowest BCUT2D eigenvalue weighted by Gasteiger charge is -2.18. The summed E-state index contributed by atoms with van der Waals surface area (Å²) in [6.45, 7) is 5.41. The Labute approximate surface area is 101 Å². The van der Waals surface area contributed by atoms with Gasteiger partial charge in [-0.15, -0.1) is 0 Å². The van der Waals surface area contributed by atoms with Crippen molar-refractivity contribution in [3.63, 3.8) is 0 Å². The van der Waals surface area contributed by atoms with Gasteiger partial charge in [0.25, 0.3) is 5.91 Å². The average Bonchev–Trinajstić information content (AvgIpc) is 2.51.